The number of hydrogen-bond acceptors (Lipinski definition) is 3. The van der Waals surface area contributed by atoms with E-state index in [1.54, 1.807) is 18.4 Å². The van der Waals surface area contributed by atoms with Gasteiger partial charge in [0.25, 0.3) is 0 Å². The van der Waals surface area contributed by atoms with Crippen LogP contribution in [0.2, 0.25) is 0 Å². The molecule has 3 heteroatoms. The van der Waals surface area contributed by atoms with Crippen molar-refractivity contribution in [2.24, 2.45) is 0 Å². The van der Waals surface area contributed by atoms with E-state index in [9.17, 15) is 0 Å². The Morgan fingerprint density at radius 1 is 1.25 bits per heavy atom. The van der Waals surface area contributed by atoms with Crippen LogP contribution in [0, 0.1) is 13.8 Å². The van der Waals surface area contributed by atoms with Gasteiger partial charge in [0.15, 0.2) is 0 Å². The van der Waals surface area contributed by atoms with Crippen LogP contribution in [0.5, 0.6) is 5.75 Å². The second-order valence-electron chi connectivity index (χ2n) is 5.09. The minimum atomic E-state index is 0.276. The van der Waals surface area contributed by atoms with E-state index >= 15 is 0 Å². The molecule has 108 valence electrons. The van der Waals surface area contributed by atoms with Gasteiger partial charge in [-0.3, -0.25) is 0 Å². The van der Waals surface area contributed by atoms with Gasteiger partial charge in [-0.1, -0.05) is 25.1 Å². The Bertz CT molecular complexity index is 525. The van der Waals surface area contributed by atoms with Gasteiger partial charge in [0.2, 0.25) is 0 Å². The lowest BCUT2D eigenvalue weighted by Gasteiger charge is -2.20. The van der Waals surface area contributed by atoms with Crippen LogP contribution in [0.15, 0.2) is 29.6 Å². The lowest BCUT2D eigenvalue weighted by Crippen LogP contribution is -2.22. The van der Waals surface area contributed by atoms with Gasteiger partial charge in [-0.25, -0.2) is 0 Å². The lowest BCUT2D eigenvalue weighted by atomic mass is 9.99. The van der Waals surface area contributed by atoms with E-state index in [1.165, 1.54) is 21.6 Å². The highest BCUT2D eigenvalue weighted by Gasteiger charge is 2.16. The first kappa shape index (κ1) is 15.1. The molecule has 0 spiro atoms. The third kappa shape index (κ3) is 3.22. The van der Waals surface area contributed by atoms with Gasteiger partial charge in [-0.15, -0.1) is 11.3 Å². The Hall–Kier alpha value is -1.32. The zero-order valence-corrected chi connectivity index (χ0v) is 13.5. The van der Waals surface area contributed by atoms with Gasteiger partial charge >= 0.3 is 0 Å². The zero-order chi connectivity index (χ0) is 14.5. The van der Waals surface area contributed by atoms with Gasteiger partial charge in [-0.2, -0.15) is 0 Å². The van der Waals surface area contributed by atoms with E-state index in [2.05, 4.69) is 55.7 Å². The molecule has 0 aliphatic rings. The molecule has 0 amide bonds. The summed E-state index contributed by atoms with van der Waals surface area (Å²) in [5.41, 5.74) is 3.71. The molecule has 1 unspecified atom stereocenters. The monoisotopic (exact) mass is 289 g/mol. The van der Waals surface area contributed by atoms with Crippen molar-refractivity contribution in [2.45, 2.75) is 33.2 Å². The van der Waals surface area contributed by atoms with E-state index in [1.807, 2.05) is 0 Å². The molecule has 0 saturated carbocycles. The van der Waals surface area contributed by atoms with Crippen LogP contribution in [0.25, 0.3) is 0 Å². The molecule has 1 heterocycles. The summed E-state index contributed by atoms with van der Waals surface area (Å²) in [5.74, 6) is 0.995. The summed E-state index contributed by atoms with van der Waals surface area (Å²) in [4.78, 5) is 1.36. The third-order valence-electron chi connectivity index (χ3n) is 3.45. The Morgan fingerprint density at radius 2 is 1.95 bits per heavy atom. The standard InChI is InChI=1S/C17H23NOS/c1-5-8-18-16(15-7-6-9-20-15)14-10-12(2)17(19-4)13(3)11-14/h6-7,9-11,16,18H,5,8H2,1-4H3. The van der Waals surface area contributed by atoms with Gasteiger partial charge in [0.05, 0.1) is 13.2 Å². The molecule has 0 aliphatic carbocycles. The van der Waals surface area contributed by atoms with Crippen molar-refractivity contribution in [3.8, 4) is 5.75 Å². The number of nitrogens with one attached hydrogen (secondary N) is 1. The summed E-state index contributed by atoms with van der Waals surface area (Å²) < 4.78 is 5.46. The molecular weight excluding hydrogens is 266 g/mol. The van der Waals surface area contributed by atoms with E-state index in [0.29, 0.717) is 0 Å². The van der Waals surface area contributed by atoms with Gasteiger partial charge in [-0.05, 0) is 54.9 Å². The van der Waals surface area contributed by atoms with Gasteiger partial charge in [0, 0.05) is 4.88 Å². The predicted molar refractivity (Wildman–Crippen MR) is 86.9 cm³/mol. The molecule has 1 aromatic heterocycles. The first-order valence-corrected chi connectivity index (χ1v) is 7.97. The molecule has 0 fully saturated rings. The highest BCUT2D eigenvalue weighted by atomic mass is 32.1. The highest BCUT2D eigenvalue weighted by Crippen LogP contribution is 2.31. The number of thiophene rings is 1. The maximum atomic E-state index is 5.46. The van der Waals surface area contributed by atoms with Crippen molar-refractivity contribution in [3.05, 3.63) is 51.2 Å². The van der Waals surface area contributed by atoms with Crippen LogP contribution >= 0.6 is 11.3 Å². The van der Waals surface area contributed by atoms with Crippen molar-refractivity contribution in [1.82, 2.24) is 5.32 Å². The minimum absolute atomic E-state index is 0.276. The smallest absolute Gasteiger partial charge is 0.124 e. The fourth-order valence-electron chi connectivity index (χ4n) is 2.60. The Morgan fingerprint density at radius 3 is 2.45 bits per heavy atom. The van der Waals surface area contributed by atoms with Crippen LogP contribution in [0.1, 0.15) is 41.0 Å². The molecular formula is C17H23NOS. The average molecular weight is 289 g/mol. The first-order valence-electron chi connectivity index (χ1n) is 7.09. The lowest BCUT2D eigenvalue weighted by molar-refractivity contribution is 0.408. The highest BCUT2D eigenvalue weighted by molar-refractivity contribution is 7.10. The van der Waals surface area contributed by atoms with E-state index in [4.69, 9.17) is 4.74 Å². The Labute approximate surface area is 125 Å². The molecule has 1 N–H and O–H groups in total. The average Bonchev–Trinajstić information content (AvgIpc) is 2.93. The second kappa shape index (κ2) is 6.91. The van der Waals surface area contributed by atoms with Crippen molar-refractivity contribution in [3.63, 3.8) is 0 Å². The Kier molecular flexibility index (Phi) is 5.21. The van der Waals surface area contributed by atoms with E-state index in [0.717, 1.165) is 18.7 Å². The second-order valence-corrected chi connectivity index (χ2v) is 6.07. The molecule has 2 rings (SSSR count). The number of hydrogen-bond donors (Lipinski definition) is 1. The molecule has 1 atom stereocenters. The normalized spacial score (nSPS) is 12.4. The molecule has 0 radical (unpaired) electrons. The van der Waals surface area contributed by atoms with Gasteiger partial charge in [0.1, 0.15) is 5.75 Å². The summed E-state index contributed by atoms with van der Waals surface area (Å²) in [6.45, 7) is 7.44. The number of aryl methyl sites for hydroxylation is 2. The largest absolute Gasteiger partial charge is 0.496 e. The van der Waals surface area contributed by atoms with Crippen molar-refractivity contribution >= 4 is 11.3 Å². The van der Waals surface area contributed by atoms with Crippen LogP contribution in [0.4, 0.5) is 0 Å². The van der Waals surface area contributed by atoms with Crippen LogP contribution < -0.4 is 10.1 Å². The molecule has 20 heavy (non-hydrogen) atoms. The Balaban J connectivity index is 2.38. The maximum Gasteiger partial charge on any atom is 0.124 e. The van der Waals surface area contributed by atoms with Crippen molar-refractivity contribution in [2.75, 3.05) is 13.7 Å². The molecule has 2 nitrogen and oxygen atoms in total. The summed E-state index contributed by atoms with van der Waals surface area (Å²) in [7, 11) is 1.74. The van der Waals surface area contributed by atoms with E-state index < -0.39 is 0 Å². The van der Waals surface area contributed by atoms with Crippen LogP contribution in [-0.4, -0.2) is 13.7 Å². The zero-order valence-electron chi connectivity index (χ0n) is 12.7. The number of rotatable bonds is 6. The summed E-state index contributed by atoms with van der Waals surface area (Å²) in [6, 6.07) is 9.06. The number of benzene rings is 1. The number of ether oxygens (including phenoxy) is 1. The van der Waals surface area contributed by atoms with Crippen molar-refractivity contribution < 1.29 is 4.74 Å². The topological polar surface area (TPSA) is 21.3 Å². The third-order valence-corrected chi connectivity index (χ3v) is 4.38. The van der Waals surface area contributed by atoms with Crippen LogP contribution in [0.3, 0.4) is 0 Å². The SMILES string of the molecule is CCCNC(c1cc(C)c(OC)c(C)c1)c1cccs1. The summed E-state index contributed by atoms with van der Waals surface area (Å²) in [6.07, 6.45) is 1.13. The molecule has 0 saturated heterocycles. The fourth-order valence-corrected chi connectivity index (χ4v) is 3.43. The van der Waals surface area contributed by atoms with Crippen molar-refractivity contribution in [1.29, 1.82) is 0 Å². The summed E-state index contributed by atoms with van der Waals surface area (Å²) in [5, 5.41) is 5.79. The molecule has 1 aromatic carbocycles. The maximum absolute atomic E-state index is 5.46. The quantitative estimate of drug-likeness (QED) is 0.847. The van der Waals surface area contributed by atoms with E-state index in [-0.39, 0.29) is 6.04 Å². The van der Waals surface area contributed by atoms with Gasteiger partial charge < -0.3 is 10.1 Å². The minimum Gasteiger partial charge on any atom is -0.496 e. The molecule has 0 aliphatic heterocycles. The summed E-state index contributed by atoms with van der Waals surface area (Å²) >= 11 is 1.80. The predicted octanol–water partition coefficient (Wildman–Crippen LogP) is 4.46. The molecule has 2 aromatic rings. The molecule has 0 bridgehead atoms. The number of methoxy groups -OCH3 is 1. The fraction of sp³-hybridized carbons (Fsp3) is 0.412. The van der Waals surface area contributed by atoms with Crippen LogP contribution in [-0.2, 0) is 0 Å². The first-order chi connectivity index (χ1) is 9.67.